The van der Waals surface area contributed by atoms with Crippen molar-refractivity contribution >= 4 is 11.3 Å². The van der Waals surface area contributed by atoms with Gasteiger partial charge in [-0.25, -0.2) is 4.98 Å². The van der Waals surface area contributed by atoms with Crippen LogP contribution in [-0.4, -0.2) is 21.2 Å². The summed E-state index contributed by atoms with van der Waals surface area (Å²) in [6, 6.07) is 0.0907. The van der Waals surface area contributed by atoms with Crippen molar-refractivity contribution < 1.29 is 4.52 Å². The van der Waals surface area contributed by atoms with Crippen molar-refractivity contribution in [2.45, 2.75) is 32.7 Å². The normalized spacial score (nSPS) is 12.9. The molecule has 0 bridgehead atoms. The Hall–Kier alpha value is -1.27. The smallest absolute Gasteiger partial charge is 0.269 e. The quantitative estimate of drug-likeness (QED) is 0.878. The molecule has 2 N–H and O–H groups in total. The second kappa shape index (κ2) is 4.71. The van der Waals surface area contributed by atoms with E-state index in [1.54, 1.807) is 5.51 Å². The highest BCUT2D eigenvalue weighted by Crippen LogP contribution is 2.25. The van der Waals surface area contributed by atoms with E-state index < -0.39 is 0 Å². The van der Waals surface area contributed by atoms with Gasteiger partial charge in [0.25, 0.3) is 5.89 Å². The second-order valence-electron chi connectivity index (χ2n) is 3.66. The topological polar surface area (TPSA) is 77.8 Å². The lowest BCUT2D eigenvalue weighted by molar-refractivity contribution is 0.419. The molecule has 16 heavy (non-hydrogen) atoms. The van der Waals surface area contributed by atoms with Crippen LogP contribution in [-0.2, 0) is 6.42 Å². The fourth-order valence-electron chi connectivity index (χ4n) is 1.32. The summed E-state index contributed by atoms with van der Waals surface area (Å²) in [4.78, 5) is 9.39. The number of aromatic nitrogens is 3. The Bertz CT molecular complexity index is 465. The van der Waals surface area contributed by atoms with E-state index in [1.165, 1.54) is 11.3 Å². The Morgan fingerprint density at radius 1 is 1.56 bits per heavy atom. The van der Waals surface area contributed by atoms with Crippen LogP contribution >= 0.6 is 11.3 Å². The molecule has 0 saturated carbocycles. The minimum Gasteiger partial charge on any atom is -0.333 e. The molecule has 0 aliphatic carbocycles. The summed E-state index contributed by atoms with van der Waals surface area (Å²) in [6.45, 7) is 3.96. The number of rotatable bonds is 4. The monoisotopic (exact) mass is 238 g/mol. The molecular formula is C10H14N4OS. The van der Waals surface area contributed by atoms with Crippen LogP contribution in [0.5, 0.6) is 0 Å². The Labute approximate surface area is 97.7 Å². The van der Waals surface area contributed by atoms with Crippen molar-refractivity contribution in [3.63, 3.8) is 0 Å². The van der Waals surface area contributed by atoms with Gasteiger partial charge in [0.1, 0.15) is 4.88 Å². The zero-order chi connectivity index (χ0) is 11.5. The van der Waals surface area contributed by atoms with E-state index in [1.807, 2.05) is 13.8 Å². The molecule has 1 unspecified atom stereocenters. The fraction of sp³-hybridized carbons (Fsp3) is 0.500. The van der Waals surface area contributed by atoms with Gasteiger partial charge in [-0.3, -0.25) is 0 Å². The van der Waals surface area contributed by atoms with E-state index >= 15 is 0 Å². The maximum atomic E-state index is 5.83. The van der Waals surface area contributed by atoms with E-state index in [-0.39, 0.29) is 6.04 Å². The van der Waals surface area contributed by atoms with E-state index in [2.05, 4.69) is 15.1 Å². The first-order chi connectivity index (χ1) is 7.70. The Morgan fingerprint density at radius 3 is 3.00 bits per heavy atom. The molecule has 5 nitrogen and oxygen atoms in total. The average molecular weight is 238 g/mol. The van der Waals surface area contributed by atoms with Gasteiger partial charge in [0, 0.05) is 12.5 Å². The van der Waals surface area contributed by atoms with Crippen molar-refractivity contribution in [1.29, 1.82) is 0 Å². The first kappa shape index (κ1) is 11.2. The lowest BCUT2D eigenvalue weighted by Gasteiger charge is -2.02. The molecule has 0 spiro atoms. The number of hydrogen-bond donors (Lipinski definition) is 1. The van der Waals surface area contributed by atoms with E-state index in [0.29, 0.717) is 18.1 Å². The molecule has 2 aromatic heterocycles. The summed E-state index contributed by atoms with van der Waals surface area (Å²) < 4.78 is 5.19. The Balaban J connectivity index is 2.17. The summed E-state index contributed by atoms with van der Waals surface area (Å²) in [5.41, 5.74) is 8.52. The highest BCUT2D eigenvalue weighted by molar-refractivity contribution is 7.13. The van der Waals surface area contributed by atoms with Crippen LogP contribution in [0.2, 0.25) is 0 Å². The Kier molecular flexibility index (Phi) is 3.31. The predicted molar refractivity (Wildman–Crippen MR) is 62.1 cm³/mol. The summed E-state index contributed by atoms with van der Waals surface area (Å²) in [6.07, 6.45) is 1.56. The molecule has 0 aliphatic heterocycles. The minimum atomic E-state index is 0.0907. The van der Waals surface area contributed by atoms with Gasteiger partial charge in [-0.15, -0.1) is 11.3 Å². The number of thiazole rings is 1. The molecule has 86 valence electrons. The third-order valence-corrected chi connectivity index (χ3v) is 3.29. The molecular weight excluding hydrogens is 224 g/mol. The van der Waals surface area contributed by atoms with Gasteiger partial charge in [0.05, 0.1) is 11.2 Å². The Morgan fingerprint density at radius 2 is 2.38 bits per heavy atom. The fourth-order valence-corrected chi connectivity index (χ4v) is 2.04. The molecule has 2 rings (SSSR count). The van der Waals surface area contributed by atoms with Crippen LogP contribution in [0.1, 0.15) is 24.9 Å². The number of nitrogens with two attached hydrogens (primary N) is 1. The largest absolute Gasteiger partial charge is 0.333 e. The summed E-state index contributed by atoms with van der Waals surface area (Å²) in [5.74, 6) is 1.20. The molecule has 0 amide bonds. The first-order valence-corrected chi connectivity index (χ1v) is 6.07. The molecule has 0 aromatic carbocycles. The minimum absolute atomic E-state index is 0.0907. The maximum absolute atomic E-state index is 5.83. The third-order valence-electron chi connectivity index (χ3n) is 2.38. The van der Waals surface area contributed by atoms with Crippen molar-refractivity contribution in [2.24, 2.45) is 5.73 Å². The van der Waals surface area contributed by atoms with Gasteiger partial charge >= 0.3 is 0 Å². The van der Waals surface area contributed by atoms with Crippen LogP contribution in [0.25, 0.3) is 10.8 Å². The second-order valence-corrected chi connectivity index (χ2v) is 4.51. The van der Waals surface area contributed by atoms with Crippen LogP contribution < -0.4 is 5.73 Å². The van der Waals surface area contributed by atoms with E-state index in [0.717, 1.165) is 17.0 Å². The lowest BCUT2D eigenvalue weighted by atomic mass is 10.2. The molecule has 0 fully saturated rings. The summed E-state index contributed by atoms with van der Waals surface area (Å²) in [5, 5.41) is 3.91. The zero-order valence-electron chi connectivity index (χ0n) is 9.30. The number of hydrogen-bond acceptors (Lipinski definition) is 6. The molecule has 0 saturated heterocycles. The van der Waals surface area contributed by atoms with Gasteiger partial charge < -0.3 is 10.3 Å². The predicted octanol–water partition coefficient (Wildman–Crippen LogP) is 1.78. The van der Waals surface area contributed by atoms with Crippen molar-refractivity contribution in [3.05, 3.63) is 17.0 Å². The zero-order valence-corrected chi connectivity index (χ0v) is 10.1. The highest BCUT2D eigenvalue weighted by atomic mass is 32.1. The van der Waals surface area contributed by atoms with E-state index in [9.17, 15) is 0 Å². The van der Waals surface area contributed by atoms with Crippen molar-refractivity contribution in [3.8, 4) is 10.8 Å². The highest BCUT2D eigenvalue weighted by Gasteiger charge is 2.14. The van der Waals surface area contributed by atoms with Gasteiger partial charge in [-0.2, -0.15) is 4.98 Å². The standard InChI is InChI=1S/C10H14N4OS/c1-3-7(11)4-8-13-10(15-14-8)9-6(2)12-5-16-9/h5,7H,3-4,11H2,1-2H3. The van der Waals surface area contributed by atoms with Crippen LogP contribution in [0.15, 0.2) is 10.0 Å². The first-order valence-electron chi connectivity index (χ1n) is 5.19. The van der Waals surface area contributed by atoms with E-state index in [4.69, 9.17) is 10.3 Å². The summed E-state index contributed by atoms with van der Waals surface area (Å²) >= 11 is 1.50. The van der Waals surface area contributed by atoms with Gasteiger partial charge in [-0.05, 0) is 13.3 Å². The van der Waals surface area contributed by atoms with Gasteiger partial charge in [-0.1, -0.05) is 12.1 Å². The molecule has 2 heterocycles. The molecule has 2 aromatic rings. The lowest BCUT2D eigenvalue weighted by Crippen LogP contribution is -2.21. The van der Waals surface area contributed by atoms with Gasteiger partial charge in [0.15, 0.2) is 5.82 Å². The number of nitrogens with zero attached hydrogens (tertiary/aromatic N) is 3. The van der Waals surface area contributed by atoms with Gasteiger partial charge in [0.2, 0.25) is 0 Å². The van der Waals surface area contributed by atoms with Crippen molar-refractivity contribution in [1.82, 2.24) is 15.1 Å². The van der Waals surface area contributed by atoms with Crippen molar-refractivity contribution in [2.75, 3.05) is 0 Å². The van der Waals surface area contributed by atoms with Crippen LogP contribution in [0.3, 0.4) is 0 Å². The van der Waals surface area contributed by atoms with Crippen LogP contribution in [0, 0.1) is 6.92 Å². The SMILES string of the molecule is CCC(N)Cc1noc(-c2scnc2C)n1. The third kappa shape index (κ3) is 2.28. The number of aryl methyl sites for hydroxylation is 1. The maximum Gasteiger partial charge on any atom is 0.269 e. The van der Waals surface area contributed by atoms with Crippen LogP contribution in [0.4, 0.5) is 0 Å². The molecule has 6 heteroatoms. The molecule has 0 radical (unpaired) electrons. The average Bonchev–Trinajstić information content (AvgIpc) is 2.86. The summed E-state index contributed by atoms with van der Waals surface area (Å²) in [7, 11) is 0. The molecule has 1 atom stereocenters. The molecule has 0 aliphatic rings.